The highest BCUT2D eigenvalue weighted by atomic mass is 32.2. The van der Waals surface area contributed by atoms with E-state index in [0.717, 1.165) is 18.6 Å². The molecule has 1 N–H and O–H groups in total. The molecule has 0 amide bonds. The van der Waals surface area contributed by atoms with E-state index >= 15 is 0 Å². The third kappa shape index (κ3) is 3.64. The van der Waals surface area contributed by atoms with Crippen LogP contribution in [-0.2, 0) is 22.9 Å². The number of benzene rings is 2. The summed E-state index contributed by atoms with van der Waals surface area (Å²) in [5.41, 5.74) is 2.74. The molecule has 1 aliphatic carbocycles. The van der Waals surface area contributed by atoms with E-state index in [0.29, 0.717) is 11.5 Å². The summed E-state index contributed by atoms with van der Waals surface area (Å²) >= 11 is 0. The molecule has 0 radical (unpaired) electrons. The first kappa shape index (κ1) is 17.2. The van der Waals surface area contributed by atoms with Gasteiger partial charge in [-0.2, -0.15) is 0 Å². The highest BCUT2D eigenvalue weighted by Crippen LogP contribution is 2.33. The summed E-state index contributed by atoms with van der Waals surface area (Å²) in [6, 6.07) is 10.7. The minimum atomic E-state index is -3.62. The third-order valence-electron chi connectivity index (χ3n) is 4.64. The molecule has 0 atom stereocenters. The lowest BCUT2D eigenvalue weighted by atomic mass is 9.92. The van der Waals surface area contributed by atoms with Crippen LogP contribution < -0.4 is 18.9 Å². The van der Waals surface area contributed by atoms with Crippen LogP contribution in [0.1, 0.15) is 24.0 Å². The Morgan fingerprint density at radius 2 is 1.77 bits per heavy atom. The van der Waals surface area contributed by atoms with Crippen molar-refractivity contribution < 1.29 is 22.6 Å². The quantitative estimate of drug-likeness (QED) is 0.786. The van der Waals surface area contributed by atoms with Crippen LogP contribution in [0.25, 0.3) is 0 Å². The van der Waals surface area contributed by atoms with Crippen LogP contribution in [0.2, 0.25) is 0 Å². The van der Waals surface area contributed by atoms with Gasteiger partial charge in [0.25, 0.3) is 0 Å². The molecule has 2 aliphatic rings. The van der Waals surface area contributed by atoms with Crippen LogP contribution in [0, 0.1) is 0 Å². The molecule has 0 fully saturated rings. The third-order valence-corrected chi connectivity index (χ3v) is 6.10. The van der Waals surface area contributed by atoms with Crippen molar-refractivity contribution in [3.8, 4) is 17.2 Å². The van der Waals surface area contributed by atoms with Crippen molar-refractivity contribution in [1.82, 2.24) is 4.72 Å². The van der Waals surface area contributed by atoms with E-state index in [-0.39, 0.29) is 24.8 Å². The standard InChI is InChI=1S/C19H21NO5S/c21-26(22,17-7-8-18-19(12-17)25-13-24-18)20-9-10-23-16-6-5-14-3-1-2-4-15(14)11-16/h5-8,11-12,20H,1-4,9-10,13H2. The number of ether oxygens (including phenoxy) is 3. The molecule has 0 spiro atoms. The van der Waals surface area contributed by atoms with Crippen LogP contribution in [0.5, 0.6) is 17.2 Å². The molecule has 0 saturated heterocycles. The summed E-state index contributed by atoms with van der Waals surface area (Å²) in [6.45, 7) is 0.567. The summed E-state index contributed by atoms with van der Waals surface area (Å²) in [5, 5.41) is 0. The average molecular weight is 375 g/mol. The second-order valence-corrected chi connectivity index (χ2v) is 8.17. The highest BCUT2D eigenvalue weighted by Gasteiger charge is 2.20. The van der Waals surface area contributed by atoms with Gasteiger partial charge in [0.15, 0.2) is 11.5 Å². The first-order valence-corrected chi connectivity index (χ1v) is 10.2. The zero-order chi connectivity index (χ0) is 18.0. The van der Waals surface area contributed by atoms with Crippen LogP contribution >= 0.6 is 0 Å². The normalized spacial score (nSPS) is 15.5. The van der Waals surface area contributed by atoms with Crippen LogP contribution in [0.15, 0.2) is 41.3 Å². The Morgan fingerprint density at radius 3 is 2.65 bits per heavy atom. The second-order valence-electron chi connectivity index (χ2n) is 6.40. The Bertz CT molecular complexity index is 910. The van der Waals surface area contributed by atoms with Crippen LogP contribution in [0.4, 0.5) is 0 Å². The van der Waals surface area contributed by atoms with Gasteiger partial charge in [0.2, 0.25) is 16.8 Å². The van der Waals surface area contributed by atoms with Crippen LogP contribution in [0.3, 0.4) is 0 Å². The molecule has 0 aromatic heterocycles. The first-order valence-electron chi connectivity index (χ1n) is 8.76. The zero-order valence-corrected chi connectivity index (χ0v) is 15.2. The van der Waals surface area contributed by atoms with Crippen LogP contribution in [-0.4, -0.2) is 28.4 Å². The van der Waals surface area contributed by atoms with Crippen molar-refractivity contribution >= 4 is 10.0 Å². The number of nitrogens with one attached hydrogen (secondary N) is 1. The van der Waals surface area contributed by atoms with Gasteiger partial charge < -0.3 is 14.2 Å². The van der Waals surface area contributed by atoms with Gasteiger partial charge in [-0.3, -0.25) is 0 Å². The second kappa shape index (κ2) is 7.17. The Hall–Kier alpha value is -2.25. The Kier molecular flexibility index (Phi) is 4.74. The SMILES string of the molecule is O=S(=O)(NCCOc1ccc2c(c1)CCCC2)c1ccc2c(c1)OCO2. The Morgan fingerprint density at radius 1 is 0.962 bits per heavy atom. The summed E-state index contributed by atoms with van der Waals surface area (Å²) < 4.78 is 43.4. The lowest BCUT2D eigenvalue weighted by Gasteiger charge is -2.17. The van der Waals surface area contributed by atoms with Gasteiger partial charge >= 0.3 is 0 Å². The Balaban J connectivity index is 1.33. The van der Waals surface area contributed by atoms with Gasteiger partial charge in [-0.15, -0.1) is 0 Å². The van der Waals surface area contributed by atoms with Crippen molar-refractivity contribution in [3.05, 3.63) is 47.5 Å². The molecule has 6 nitrogen and oxygen atoms in total. The Labute approximate surface area is 153 Å². The fourth-order valence-electron chi connectivity index (χ4n) is 3.27. The van der Waals surface area contributed by atoms with Gasteiger partial charge in [0, 0.05) is 12.6 Å². The largest absolute Gasteiger partial charge is 0.492 e. The molecule has 26 heavy (non-hydrogen) atoms. The number of aryl methyl sites for hydroxylation is 2. The maximum absolute atomic E-state index is 12.4. The fraction of sp³-hybridized carbons (Fsp3) is 0.368. The summed E-state index contributed by atoms with van der Waals surface area (Å²) in [4.78, 5) is 0.149. The molecular weight excluding hydrogens is 354 g/mol. The highest BCUT2D eigenvalue weighted by molar-refractivity contribution is 7.89. The van der Waals surface area contributed by atoms with Crippen molar-refractivity contribution in [3.63, 3.8) is 0 Å². The minimum Gasteiger partial charge on any atom is -0.492 e. The molecule has 0 bridgehead atoms. The number of hydrogen-bond donors (Lipinski definition) is 1. The van der Waals surface area contributed by atoms with Crippen molar-refractivity contribution in [1.29, 1.82) is 0 Å². The van der Waals surface area contributed by atoms with E-state index in [1.165, 1.54) is 36.1 Å². The molecule has 138 valence electrons. The van der Waals surface area contributed by atoms with E-state index in [1.807, 2.05) is 6.07 Å². The molecule has 1 heterocycles. The van der Waals surface area contributed by atoms with E-state index in [4.69, 9.17) is 14.2 Å². The lowest BCUT2D eigenvalue weighted by molar-refractivity contribution is 0.174. The van der Waals surface area contributed by atoms with Crippen molar-refractivity contribution in [2.24, 2.45) is 0 Å². The first-order chi connectivity index (χ1) is 12.6. The number of rotatable bonds is 6. The van der Waals surface area contributed by atoms with Gasteiger partial charge in [-0.25, -0.2) is 13.1 Å². The smallest absolute Gasteiger partial charge is 0.240 e. The zero-order valence-electron chi connectivity index (χ0n) is 14.4. The van der Waals surface area contributed by atoms with E-state index in [2.05, 4.69) is 16.9 Å². The molecular formula is C19H21NO5S. The molecule has 1 aliphatic heterocycles. The van der Waals surface area contributed by atoms with Gasteiger partial charge in [0.1, 0.15) is 12.4 Å². The molecule has 2 aromatic carbocycles. The summed E-state index contributed by atoms with van der Waals surface area (Å²) in [7, 11) is -3.62. The topological polar surface area (TPSA) is 73.9 Å². The van der Waals surface area contributed by atoms with Gasteiger partial charge in [0.05, 0.1) is 4.90 Å². The van der Waals surface area contributed by atoms with E-state index < -0.39 is 10.0 Å². The number of fused-ring (bicyclic) bond motifs is 2. The van der Waals surface area contributed by atoms with Crippen molar-refractivity contribution in [2.45, 2.75) is 30.6 Å². The monoisotopic (exact) mass is 375 g/mol. The lowest BCUT2D eigenvalue weighted by Crippen LogP contribution is -2.28. The molecule has 4 rings (SSSR count). The van der Waals surface area contributed by atoms with Gasteiger partial charge in [-0.05, 0) is 61.1 Å². The molecule has 0 unspecified atom stereocenters. The summed E-state index contributed by atoms with van der Waals surface area (Å²) in [5.74, 6) is 1.78. The predicted octanol–water partition coefficient (Wildman–Crippen LogP) is 2.65. The average Bonchev–Trinajstić information content (AvgIpc) is 3.13. The fourth-order valence-corrected chi connectivity index (χ4v) is 4.30. The minimum absolute atomic E-state index is 0.112. The molecule has 2 aromatic rings. The predicted molar refractivity (Wildman–Crippen MR) is 96.3 cm³/mol. The van der Waals surface area contributed by atoms with Crippen molar-refractivity contribution in [2.75, 3.05) is 19.9 Å². The summed E-state index contributed by atoms with van der Waals surface area (Å²) in [6.07, 6.45) is 4.68. The maximum Gasteiger partial charge on any atom is 0.240 e. The van der Waals surface area contributed by atoms with E-state index in [1.54, 1.807) is 6.07 Å². The molecule has 7 heteroatoms. The van der Waals surface area contributed by atoms with E-state index in [9.17, 15) is 8.42 Å². The number of sulfonamides is 1. The van der Waals surface area contributed by atoms with Gasteiger partial charge in [-0.1, -0.05) is 6.07 Å². The maximum atomic E-state index is 12.4. The molecule has 0 saturated carbocycles. The number of hydrogen-bond acceptors (Lipinski definition) is 5.